The van der Waals surface area contributed by atoms with Crippen LogP contribution in [0.4, 0.5) is 0 Å². The van der Waals surface area contributed by atoms with E-state index in [2.05, 4.69) is 20.8 Å². The fraction of sp³-hybridized carbons (Fsp3) is 1.00. The second kappa shape index (κ2) is 10.1. The van der Waals surface area contributed by atoms with Gasteiger partial charge in [0.2, 0.25) is 0 Å². The van der Waals surface area contributed by atoms with Gasteiger partial charge in [-0.3, -0.25) is 0 Å². The minimum atomic E-state index is 0.302. The third-order valence-electron chi connectivity index (χ3n) is 3.60. The maximum atomic E-state index is 5.43. The van der Waals surface area contributed by atoms with Gasteiger partial charge in [-0.05, 0) is 19.3 Å². The molecule has 0 N–H and O–H groups in total. The molecule has 0 spiro atoms. The van der Waals surface area contributed by atoms with Gasteiger partial charge in [-0.25, -0.2) is 0 Å². The van der Waals surface area contributed by atoms with E-state index in [0.29, 0.717) is 12.0 Å². The van der Waals surface area contributed by atoms with Gasteiger partial charge in [-0.15, -0.1) is 0 Å². The highest BCUT2D eigenvalue weighted by atomic mass is 16.5. The van der Waals surface area contributed by atoms with Crippen molar-refractivity contribution in [2.45, 2.75) is 59.0 Å². The van der Waals surface area contributed by atoms with E-state index in [4.69, 9.17) is 9.47 Å². The van der Waals surface area contributed by atoms with Crippen molar-refractivity contribution in [2.75, 3.05) is 20.8 Å². The normalized spacial score (nSPS) is 17.1. The molecule has 0 aliphatic carbocycles. The Morgan fingerprint density at radius 3 is 2.25 bits per heavy atom. The second-order valence-electron chi connectivity index (χ2n) is 4.81. The van der Waals surface area contributed by atoms with Crippen LogP contribution >= 0.6 is 0 Å². The molecule has 0 aliphatic rings. The second-order valence-corrected chi connectivity index (χ2v) is 4.81. The number of unbranched alkanes of at least 4 members (excludes halogenated alkanes) is 1. The summed E-state index contributed by atoms with van der Waals surface area (Å²) in [7, 11) is 3.57. The molecule has 3 atom stereocenters. The van der Waals surface area contributed by atoms with Crippen LogP contribution in [0.25, 0.3) is 0 Å². The van der Waals surface area contributed by atoms with Gasteiger partial charge in [0, 0.05) is 20.1 Å². The fourth-order valence-corrected chi connectivity index (χ4v) is 2.21. The summed E-state index contributed by atoms with van der Waals surface area (Å²) in [6, 6.07) is 0. The van der Waals surface area contributed by atoms with Gasteiger partial charge in [0.1, 0.15) is 0 Å². The topological polar surface area (TPSA) is 18.5 Å². The molecule has 0 saturated carbocycles. The van der Waals surface area contributed by atoms with Crippen LogP contribution in [0, 0.1) is 11.8 Å². The van der Waals surface area contributed by atoms with Gasteiger partial charge in [0.25, 0.3) is 0 Å². The Hall–Kier alpha value is -0.0800. The van der Waals surface area contributed by atoms with Crippen LogP contribution in [-0.4, -0.2) is 26.9 Å². The molecule has 0 bridgehead atoms. The van der Waals surface area contributed by atoms with Crippen molar-refractivity contribution in [3.8, 4) is 0 Å². The summed E-state index contributed by atoms with van der Waals surface area (Å²) < 4.78 is 10.7. The maximum Gasteiger partial charge on any atom is 0.0593 e. The molecule has 0 rings (SSSR count). The summed E-state index contributed by atoms with van der Waals surface area (Å²) in [5.74, 6) is 1.37. The molecule has 2 nitrogen and oxygen atoms in total. The maximum absolute atomic E-state index is 5.43. The summed E-state index contributed by atoms with van der Waals surface area (Å²) in [6.45, 7) is 7.52. The van der Waals surface area contributed by atoms with Gasteiger partial charge in [0.15, 0.2) is 0 Å². The van der Waals surface area contributed by atoms with Crippen molar-refractivity contribution in [1.82, 2.24) is 0 Å². The monoisotopic (exact) mass is 230 g/mol. The molecule has 0 fully saturated rings. The highest BCUT2D eigenvalue weighted by Crippen LogP contribution is 2.24. The number of methoxy groups -OCH3 is 2. The lowest BCUT2D eigenvalue weighted by Gasteiger charge is -2.26. The van der Waals surface area contributed by atoms with Crippen molar-refractivity contribution in [1.29, 1.82) is 0 Å². The van der Waals surface area contributed by atoms with E-state index >= 15 is 0 Å². The van der Waals surface area contributed by atoms with Crippen LogP contribution in [-0.2, 0) is 9.47 Å². The zero-order valence-corrected chi connectivity index (χ0v) is 11.8. The molecule has 2 heteroatoms. The third-order valence-corrected chi connectivity index (χ3v) is 3.60. The third kappa shape index (κ3) is 6.49. The van der Waals surface area contributed by atoms with Crippen LogP contribution in [0.3, 0.4) is 0 Å². The van der Waals surface area contributed by atoms with E-state index in [0.717, 1.165) is 12.5 Å². The Bertz CT molecular complexity index is 148. The van der Waals surface area contributed by atoms with E-state index in [-0.39, 0.29) is 0 Å². The minimum Gasteiger partial charge on any atom is -0.384 e. The van der Waals surface area contributed by atoms with Crippen molar-refractivity contribution >= 4 is 0 Å². The first-order chi connectivity index (χ1) is 7.69. The first-order valence-corrected chi connectivity index (χ1v) is 6.71. The number of hydrogen-bond acceptors (Lipinski definition) is 2. The molecule has 3 unspecified atom stereocenters. The predicted molar refractivity (Wildman–Crippen MR) is 69.8 cm³/mol. The molecule has 0 amide bonds. The highest BCUT2D eigenvalue weighted by Gasteiger charge is 2.20. The van der Waals surface area contributed by atoms with Gasteiger partial charge >= 0.3 is 0 Å². The van der Waals surface area contributed by atoms with E-state index in [1.807, 2.05) is 0 Å². The van der Waals surface area contributed by atoms with E-state index in [1.165, 1.54) is 32.1 Å². The Labute approximate surface area is 102 Å². The van der Waals surface area contributed by atoms with Gasteiger partial charge in [-0.1, -0.05) is 39.5 Å². The lowest BCUT2D eigenvalue weighted by molar-refractivity contribution is 0.0140. The zero-order valence-electron chi connectivity index (χ0n) is 11.8. The Balaban J connectivity index is 4.11. The lowest BCUT2D eigenvalue weighted by atomic mass is 9.86. The number of ether oxygens (including phenoxy) is 2. The first kappa shape index (κ1) is 15.9. The standard InChI is InChI=1S/C14H30O2/c1-6-8-9-13(7-2)10-14(11-15-4)12(3)16-5/h12-14H,6-11H2,1-5H3. The van der Waals surface area contributed by atoms with Crippen LogP contribution in [0.2, 0.25) is 0 Å². The summed E-state index contributed by atoms with van der Waals surface area (Å²) in [4.78, 5) is 0. The van der Waals surface area contributed by atoms with E-state index in [9.17, 15) is 0 Å². The van der Waals surface area contributed by atoms with E-state index < -0.39 is 0 Å². The molecular weight excluding hydrogens is 200 g/mol. The van der Waals surface area contributed by atoms with E-state index in [1.54, 1.807) is 14.2 Å². The van der Waals surface area contributed by atoms with Crippen LogP contribution in [0.5, 0.6) is 0 Å². The molecule has 0 aromatic rings. The minimum absolute atomic E-state index is 0.302. The van der Waals surface area contributed by atoms with Gasteiger partial charge in [0.05, 0.1) is 12.7 Å². The zero-order chi connectivity index (χ0) is 12.4. The van der Waals surface area contributed by atoms with Crippen LogP contribution in [0.15, 0.2) is 0 Å². The van der Waals surface area contributed by atoms with Gasteiger partial charge in [-0.2, -0.15) is 0 Å². The molecular formula is C14H30O2. The Kier molecular flexibility index (Phi) is 10.0. The molecule has 98 valence electrons. The Morgan fingerprint density at radius 1 is 1.12 bits per heavy atom. The predicted octanol–water partition coefficient (Wildman–Crippen LogP) is 3.89. The molecule has 0 aromatic carbocycles. The van der Waals surface area contributed by atoms with Crippen molar-refractivity contribution in [3.05, 3.63) is 0 Å². The summed E-state index contributed by atoms with van der Waals surface area (Å²) in [5.41, 5.74) is 0. The van der Waals surface area contributed by atoms with Crippen LogP contribution in [0.1, 0.15) is 52.9 Å². The van der Waals surface area contributed by atoms with Crippen molar-refractivity contribution in [3.63, 3.8) is 0 Å². The highest BCUT2D eigenvalue weighted by molar-refractivity contribution is 4.70. The first-order valence-electron chi connectivity index (χ1n) is 6.71. The molecule has 0 saturated heterocycles. The molecule has 0 radical (unpaired) electrons. The summed E-state index contributed by atoms with van der Waals surface area (Å²) in [5, 5.41) is 0. The average Bonchev–Trinajstić information content (AvgIpc) is 2.32. The Morgan fingerprint density at radius 2 is 1.81 bits per heavy atom. The average molecular weight is 230 g/mol. The molecule has 0 heterocycles. The SMILES string of the molecule is CCCCC(CC)CC(COC)C(C)OC. The largest absolute Gasteiger partial charge is 0.384 e. The number of hydrogen-bond donors (Lipinski definition) is 0. The quantitative estimate of drug-likeness (QED) is 0.567. The lowest BCUT2D eigenvalue weighted by Crippen LogP contribution is -2.26. The fourth-order valence-electron chi connectivity index (χ4n) is 2.21. The van der Waals surface area contributed by atoms with Crippen molar-refractivity contribution < 1.29 is 9.47 Å². The van der Waals surface area contributed by atoms with Crippen molar-refractivity contribution in [2.24, 2.45) is 11.8 Å². The summed E-state index contributed by atoms with van der Waals surface area (Å²) >= 11 is 0. The summed E-state index contributed by atoms with van der Waals surface area (Å²) in [6.07, 6.45) is 6.81. The van der Waals surface area contributed by atoms with Crippen LogP contribution < -0.4 is 0 Å². The molecule has 0 aromatic heterocycles. The number of rotatable bonds is 10. The molecule has 16 heavy (non-hydrogen) atoms. The van der Waals surface area contributed by atoms with Gasteiger partial charge < -0.3 is 9.47 Å². The molecule has 0 aliphatic heterocycles. The smallest absolute Gasteiger partial charge is 0.0593 e.